The molecule has 34 heavy (non-hydrogen) atoms. The molecule has 2 N–H and O–H groups in total. The number of hydrogen-bond donors (Lipinski definition) is 2. The third-order valence-electron chi connectivity index (χ3n) is 6.96. The number of aryl methyl sites for hydroxylation is 3. The van der Waals surface area contributed by atoms with Crippen molar-refractivity contribution in [1.82, 2.24) is 15.1 Å². The van der Waals surface area contributed by atoms with Gasteiger partial charge in [-0.15, -0.1) is 0 Å². The van der Waals surface area contributed by atoms with E-state index >= 15 is 0 Å². The summed E-state index contributed by atoms with van der Waals surface area (Å²) in [5.41, 5.74) is 6.60. The molecule has 2 aromatic carbocycles. The maximum Gasteiger partial charge on any atom is 0.313 e. The van der Waals surface area contributed by atoms with Gasteiger partial charge in [0.2, 0.25) is 0 Å². The average molecular weight is 464 g/mol. The number of piperazine rings is 1. The number of benzene rings is 2. The Morgan fingerprint density at radius 2 is 1.62 bits per heavy atom. The van der Waals surface area contributed by atoms with Crippen molar-refractivity contribution >= 4 is 23.2 Å². The van der Waals surface area contributed by atoms with E-state index in [4.69, 9.17) is 0 Å². The van der Waals surface area contributed by atoms with Crippen molar-refractivity contribution in [2.75, 3.05) is 63.6 Å². The van der Waals surface area contributed by atoms with Crippen LogP contribution in [0.3, 0.4) is 0 Å². The van der Waals surface area contributed by atoms with Crippen LogP contribution in [0, 0.1) is 13.8 Å². The molecule has 0 spiro atoms. The SMILES string of the molecule is Cc1cc(C)cc(NC(=O)C(=O)NC[C@H](c2ccc3c(c2)CCCN3C)N2CCN(C)CC2)c1. The Morgan fingerprint density at radius 1 is 0.912 bits per heavy atom. The van der Waals surface area contributed by atoms with Gasteiger partial charge in [0.15, 0.2) is 0 Å². The van der Waals surface area contributed by atoms with Crippen molar-refractivity contribution in [2.24, 2.45) is 0 Å². The first-order valence-corrected chi connectivity index (χ1v) is 12.2. The highest BCUT2D eigenvalue weighted by Crippen LogP contribution is 2.31. The Kier molecular flexibility index (Phi) is 7.54. The van der Waals surface area contributed by atoms with Crippen LogP contribution < -0.4 is 15.5 Å². The molecule has 2 aliphatic heterocycles. The number of amides is 2. The highest BCUT2D eigenvalue weighted by atomic mass is 16.2. The van der Waals surface area contributed by atoms with E-state index < -0.39 is 11.8 Å². The number of carbonyl (C=O) groups excluding carboxylic acids is 2. The molecule has 1 saturated heterocycles. The molecule has 0 saturated carbocycles. The summed E-state index contributed by atoms with van der Waals surface area (Å²) in [6.45, 7) is 9.28. The Labute approximate surface area is 203 Å². The molecule has 0 bridgehead atoms. The molecule has 1 atom stereocenters. The van der Waals surface area contributed by atoms with Crippen LogP contribution >= 0.6 is 0 Å². The molecule has 2 aromatic rings. The maximum atomic E-state index is 12.7. The summed E-state index contributed by atoms with van der Waals surface area (Å²) >= 11 is 0. The fraction of sp³-hybridized carbons (Fsp3) is 0.481. The molecule has 0 unspecified atom stereocenters. The van der Waals surface area contributed by atoms with Gasteiger partial charge in [-0.05, 0) is 74.2 Å². The number of anilines is 2. The highest BCUT2D eigenvalue weighted by molar-refractivity contribution is 6.39. The second-order valence-electron chi connectivity index (χ2n) is 9.81. The molecule has 7 nitrogen and oxygen atoms in total. The zero-order chi connectivity index (χ0) is 24.2. The van der Waals surface area contributed by atoms with Gasteiger partial charge in [0.05, 0.1) is 6.04 Å². The van der Waals surface area contributed by atoms with Crippen LogP contribution in [-0.2, 0) is 16.0 Å². The number of rotatable bonds is 5. The van der Waals surface area contributed by atoms with E-state index in [2.05, 4.69) is 57.6 Å². The topological polar surface area (TPSA) is 67.9 Å². The lowest BCUT2D eigenvalue weighted by atomic mass is 9.95. The average Bonchev–Trinajstić information content (AvgIpc) is 2.79. The standard InChI is InChI=1S/C27H37N5O2/c1-19-14-20(2)16-23(15-19)29-27(34)26(33)28-18-25(32-12-10-30(3)11-13-32)22-7-8-24-21(17-22)6-5-9-31(24)4/h7-8,14-17,25H,5-6,9-13,18H2,1-4H3,(H,28,33)(H,29,34)/t25-/m1/s1. The summed E-state index contributed by atoms with van der Waals surface area (Å²) in [6.07, 6.45) is 2.23. The van der Waals surface area contributed by atoms with Gasteiger partial charge < -0.3 is 20.4 Å². The Balaban J connectivity index is 1.47. The van der Waals surface area contributed by atoms with Crippen molar-refractivity contribution in [3.05, 3.63) is 58.7 Å². The third kappa shape index (κ3) is 5.77. The Bertz CT molecular complexity index is 1030. The van der Waals surface area contributed by atoms with Gasteiger partial charge in [-0.3, -0.25) is 14.5 Å². The monoisotopic (exact) mass is 463 g/mol. The summed E-state index contributed by atoms with van der Waals surface area (Å²) in [6, 6.07) is 12.5. The molecule has 182 valence electrons. The van der Waals surface area contributed by atoms with Crippen LogP contribution in [0.1, 0.15) is 34.7 Å². The van der Waals surface area contributed by atoms with E-state index in [9.17, 15) is 9.59 Å². The smallest absolute Gasteiger partial charge is 0.313 e. The zero-order valence-corrected chi connectivity index (χ0v) is 20.9. The van der Waals surface area contributed by atoms with Gasteiger partial charge in [-0.2, -0.15) is 0 Å². The van der Waals surface area contributed by atoms with Crippen molar-refractivity contribution in [2.45, 2.75) is 32.7 Å². The molecule has 0 aromatic heterocycles. The fourth-order valence-electron chi connectivity index (χ4n) is 5.11. The Morgan fingerprint density at radius 3 is 2.32 bits per heavy atom. The summed E-state index contributed by atoms with van der Waals surface area (Å²) in [4.78, 5) is 32.4. The molecule has 0 aliphatic carbocycles. The quantitative estimate of drug-likeness (QED) is 0.668. The van der Waals surface area contributed by atoms with E-state index in [1.165, 1.54) is 16.8 Å². The molecule has 2 heterocycles. The summed E-state index contributed by atoms with van der Waals surface area (Å²) in [5, 5.41) is 5.65. The molecule has 2 amide bonds. The van der Waals surface area contributed by atoms with Gasteiger partial charge in [0.25, 0.3) is 0 Å². The van der Waals surface area contributed by atoms with Crippen LogP contribution in [0.5, 0.6) is 0 Å². The largest absolute Gasteiger partial charge is 0.374 e. The van der Waals surface area contributed by atoms with Gasteiger partial charge in [0.1, 0.15) is 0 Å². The van der Waals surface area contributed by atoms with Crippen LogP contribution in [-0.4, -0.2) is 75.0 Å². The fourth-order valence-corrected chi connectivity index (χ4v) is 5.11. The van der Waals surface area contributed by atoms with E-state index in [0.717, 1.165) is 56.7 Å². The van der Waals surface area contributed by atoms with Crippen LogP contribution in [0.15, 0.2) is 36.4 Å². The van der Waals surface area contributed by atoms with Crippen LogP contribution in [0.4, 0.5) is 11.4 Å². The van der Waals surface area contributed by atoms with Crippen molar-refractivity contribution in [3.8, 4) is 0 Å². The van der Waals surface area contributed by atoms with Crippen molar-refractivity contribution < 1.29 is 9.59 Å². The molecule has 7 heteroatoms. The van der Waals surface area contributed by atoms with Gasteiger partial charge in [-0.25, -0.2) is 0 Å². The molecular formula is C27H37N5O2. The van der Waals surface area contributed by atoms with E-state index in [0.29, 0.717) is 12.2 Å². The molecule has 1 fully saturated rings. The van der Waals surface area contributed by atoms with Crippen LogP contribution in [0.25, 0.3) is 0 Å². The van der Waals surface area contributed by atoms with Gasteiger partial charge in [0, 0.05) is 57.7 Å². The predicted molar refractivity (Wildman–Crippen MR) is 137 cm³/mol. The van der Waals surface area contributed by atoms with Crippen LogP contribution in [0.2, 0.25) is 0 Å². The second kappa shape index (κ2) is 10.6. The van der Waals surface area contributed by atoms with E-state index in [1.54, 1.807) is 0 Å². The second-order valence-corrected chi connectivity index (χ2v) is 9.81. The lowest BCUT2D eigenvalue weighted by Gasteiger charge is -2.39. The first-order chi connectivity index (χ1) is 16.3. The molecule has 2 aliphatic rings. The summed E-state index contributed by atoms with van der Waals surface area (Å²) in [5.74, 6) is -1.23. The number of likely N-dealkylation sites (N-methyl/N-ethyl adjacent to an activating group) is 1. The number of hydrogen-bond acceptors (Lipinski definition) is 5. The van der Waals surface area contributed by atoms with Gasteiger partial charge in [-0.1, -0.05) is 18.2 Å². The minimum absolute atomic E-state index is 0.0317. The highest BCUT2D eigenvalue weighted by Gasteiger charge is 2.27. The number of nitrogens with zero attached hydrogens (tertiary/aromatic N) is 3. The van der Waals surface area contributed by atoms with Gasteiger partial charge >= 0.3 is 11.8 Å². The Hall–Kier alpha value is -2.90. The molecule has 0 radical (unpaired) electrons. The normalized spacial score (nSPS) is 17.7. The minimum Gasteiger partial charge on any atom is -0.374 e. The zero-order valence-electron chi connectivity index (χ0n) is 20.9. The first-order valence-electron chi connectivity index (χ1n) is 12.2. The summed E-state index contributed by atoms with van der Waals surface area (Å²) < 4.78 is 0. The van der Waals surface area contributed by atoms with E-state index in [-0.39, 0.29) is 6.04 Å². The number of fused-ring (bicyclic) bond motifs is 1. The summed E-state index contributed by atoms with van der Waals surface area (Å²) in [7, 11) is 4.28. The molecular weight excluding hydrogens is 426 g/mol. The first kappa shape index (κ1) is 24.2. The predicted octanol–water partition coefficient (Wildman–Crippen LogP) is 2.73. The minimum atomic E-state index is -0.630. The molecule has 4 rings (SSSR count). The van der Waals surface area contributed by atoms with Crippen molar-refractivity contribution in [3.63, 3.8) is 0 Å². The number of carbonyl (C=O) groups is 2. The lowest BCUT2D eigenvalue weighted by molar-refractivity contribution is -0.136. The van der Waals surface area contributed by atoms with E-state index in [1.807, 2.05) is 32.0 Å². The number of nitrogens with one attached hydrogen (secondary N) is 2. The maximum absolute atomic E-state index is 12.7. The third-order valence-corrected chi connectivity index (χ3v) is 6.96. The lowest BCUT2D eigenvalue weighted by Crippen LogP contribution is -2.49. The van der Waals surface area contributed by atoms with Crippen molar-refractivity contribution in [1.29, 1.82) is 0 Å².